The average molecular weight is 293 g/mol. The molecular weight excluding hydrogens is 262 g/mol. The van der Waals surface area contributed by atoms with Crippen LogP contribution in [-0.2, 0) is 0 Å². The van der Waals surface area contributed by atoms with E-state index < -0.39 is 0 Å². The molecule has 3 aliphatic rings. The first-order valence-electron chi connectivity index (χ1n) is 8.96. The Morgan fingerprint density at radius 1 is 1.05 bits per heavy atom. The molecule has 0 spiro atoms. The normalized spacial score (nSPS) is 28.6. The van der Waals surface area contributed by atoms with Gasteiger partial charge in [0.25, 0.3) is 0 Å². The molecule has 2 saturated heterocycles. The Morgan fingerprint density at radius 2 is 1.81 bits per heavy atom. The van der Waals surface area contributed by atoms with Crippen molar-refractivity contribution in [2.75, 3.05) is 39.3 Å². The number of piperidine rings is 2. The lowest BCUT2D eigenvalue weighted by Crippen LogP contribution is -2.48. The Kier molecular flexibility index (Phi) is 5.04. The third-order valence-corrected chi connectivity index (χ3v) is 5.44. The van der Waals surface area contributed by atoms with E-state index in [1.807, 2.05) is 0 Å². The van der Waals surface area contributed by atoms with E-state index in [0.29, 0.717) is 5.92 Å². The zero-order valence-corrected chi connectivity index (χ0v) is 13.5. The molecule has 120 valence electrons. The second kappa shape index (κ2) is 6.99. The second-order valence-corrected chi connectivity index (χ2v) is 7.57. The molecule has 21 heavy (non-hydrogen) atoms. The lowest BCUT2D eigenvalue weighted by Gasteiger charge is -2.37. The van der Waals surface area contributed by atoms with E-state index in [0.717, 1.165) is 31.5 Å². The smallest absolute Gasteiger partial charge is 0.317 e. The number of urea groups is 1. The van der Waals surface area contributed by atoms with Crippen molar-refractivity contribution in [1.82, 2.24) is 15.1 Å². The summed E-state index contributed by atoms with van der Waals surface area (Å²) < 4.78 is 0. The van der Waals surface area contributed by atoms with Crippen molar-refractivity contribution in [2.45, 2.75) is 45.4 Å². The molecule has 0 unspecified atom stereocenters. The fourth-order valence-corrected chi connectivity index (χ4v) is 3.67. The third-order valence-electron chi connectivity index (χ3n) is 5.44. The summed E-state index contributed by atoms with van der Waals surface area (Å²) in [6.07, 6.45) is 7.76. The maximum Gasteiger partial charge on any atom is 0.317 e. The minimum absolute atomic E-state index is 0.180. The Bertz CT molecular complexity index is 348. The molecule has 1 atom stereocenters. The van der Waals surface area contributed by atoms with Gasteiger partial charge in [-0.15, -0.1) is 0 Å². The lowest BCUT2D eigenvalue weighted by atomic mass is 9.94. The molecule has 0 aromatic carbocycles. The van der Waals surface area contributed by atoms with Gasteiger partial charge in [0.05, 0.1) is 0 Å². The monoisotopic (exact) mass is 293 g/mol. The number of nitrogens with zero attached hydrogens (tertiary/aromatic N) is 2. The highest BCUT2D eigenvalue weighted by Crippen LogP contribution is 2.27. The highest BCUT2D eigenvalue weighted by Gasteiger charge is 2.28. The van der Waals surface area contributed by atoms with Crippen molar-refractivity contribution >= 4 is 6.03 Å². The number of hydrogen-bond acceptors (Lipinski definition) is 2. The molecule has 2 aliphatic heterocycles. The van der Waals surface area contributed by atoms with Crippen LogP contribution >= 0.6 is 0 Å². The van der Waals surface area contributed by atoms with Gasteiger partial charge in [-0.2, -0.15) is 0 Å². The highest BCUT2D eigenvalue weighted by atomic mass is 16.2. The van der Waals surface area contributed by atoms with Gasteiger partial charge < -0.3 is 15.1 Å². The molecule has 0 aromatic rings. The molecule has 2 heterocycles. The standard InChI is InChI=1S/C17H31N3O/c1-14-6-9-19(10-7-14)12-16-3-2-8-20(13-16)17(21)18-11-15-4-5-15/h14-16H,2-13H2,1H3,(H,18,21)/t16-/m0/s1. The van der Waals surface area contributed by atoms with E-state index in [1.54, 1.807) is 0 Å². The van der Waals surface area contributed by atoms with Crippen LogP contribution in [0.1, 0.15) is 45.4 Å². The maximum atomic E-state index is 12.2. The second-order valence-electron chi connectivity index (χ2n) is 7.57. The molecule has 1 N–H and O–H groups in total. The summed E-state index contributed by atoms with van der Waals surface area (Å²) in [4.78, 5) is 16.9. The van der Waals surface area contributed by atoms with Gasteiger partial charge in [-0.1, -0.05) is 6.92 Å². The first kappa shape index (κ1) is 15.1. The number of nitrogens with one attached hydrogen (secondary N) is 1. The number of rotatable bonds is 4. The Morgan fingerprint density at radius 3 is 2.52 bits per heavy atom. The van der Waals surface area contributed by atoms with Crippen molar-refractivity contribution in [3.63, 3.8) is 0 Å². The quantitative estimate of drug-likeness (QED) is 0.864. The third kappa shape index (κ3) is 4.60. The molecule has 1 saturated carbocycles. The molecule has 3 rings (SSSR count). The fraction of sp³-hybridized carbons (Fsp3) is 0.941. The van der Waals surface area contributed by atoms with Crippen LogP contribution in [0.2, 0.25) is 0 Å². The number of carbonyl (C=O) groups is 1. The van der Waals surface area contributed by atoms with Crippen LogP contribution in [0.25, 0.3) is 0 Å². The van der Waals surface area contributed by atoms with Crippen LogP contribution in [0, 0.1) is 17.8 Å². The van der Waals surface area contributed by atoms with Crippen molar-refractivity contribution in [3.05, 3.63) is 0 Å². The van der Waals surface area contributed by atoms with Crippen LogP contribution < -0.4 is 5.32 Å². The van der Waals surface area contributed by atoms with Gasteiger partial charge in [-0.3, -0.25) is 0 Å². The Hall–Kier alpha value is -0.770. The van der Waals surface area contributed by atoms with Crippen LogP contribution in [0.15, 0.2) is 0 Å². The molecule has 2 amide bonds. The van der Waals surface area contributed by atoms with E-state index in [4.69, 9.17) is 0 Å². The molecule has 4 nitrogen and oxygen atoms in total. The summed E-state index contributed by atoms with van der Waals surface area (Å²) in [5.41, 5.74) is 0. The van der Waals surface area contributed by atoms with Crippen molar-refractivity contribution in [3.8, 4) is 0 Å². The van der Waals surface area contributed by atoms with Crippen LogP contribution in [-0.4, -0.2) is 55.1 Å². The van der Waals surface area contributed by atoms with E-state index in [9.17, 15) is 4.79 Å². The summed E-state index contributed by atoms with van der Waals surface area (Å²) in [6, 6.07) is 0.180. The molecule has 0 radical (unpaired) electrons. The van der Waals surface area contributed by atoms with Crippen LogP contribution in [0.5, 0.6) is 0 Å². The Labute approximate surface area is 129 Å². The molecule has 1 aliphatic carbocycles. The highest BCUT2D eigenvalue weighted by molar-refractivity contribution is 5.74. The first-order valence-corrected chi connectivity index (χ1v) is 8.96. The van der Waals surface area contributed by atoms with Gasteiger partial charge >= 0.3 is 6.03 Å². The van der Waals surface area contributed by atoms with Gasteiger partial charge in [-0.05, 0) is 69.4 Å². The number of carbonyl (C=O) groups excluding carboxylic acids is 1. The van der Waals surface area contributed by atoms with Crippen molar-refractivity contribution in [1.29, 1.82) is 0 Å². The summed E-state index contributed by atoms with van der Waals surface area (Å²) >= 11 is 0. The summed E-state index contributed by atoms with van der Waals surface area (Å²) in [5, 5.41) is 3.12. The molecule has 0 aromatic heterocycles. The van der Waals surface area contributed by atoms with E-state index >= 15 is 0 Å². The van der Waals surface area contributed by atoms with Gasteiger partial charge in [0, 0.05) is 26.2 Å². The zero-order chi connectivity index (χ0) is 14.7. The SMILES string of the molecule is CC1CCN(C[C@@H]2CCCN(C(=O)NCC3CC3)C2)CC1. The average Bonchev–Trinajstić information content (AvgIpc) is 3.32. The fourth-order valence-electron chi connectivity index (χ4n) is 3.67. The van der Waals surface area contributed by atoms with Crippen LogP contribution in [0.4, 0.5) is 4.79 Å². The molecule has 3 fully saturated rings. The zero-order valence-electron chi connectivity index (χ0n) is 13.5. The lowest BCUT2D eigenvalue weighted by molar-refractivity contribution is 0.120. The number of likely N-dealkylation sites (tertiary alicyclic amines) is 2. The summed E-state index contributed by atoms with van der Waals surface area (Å²) in [7, 11) is 0. The van der Waals surface area contributed by atoms with Gasteiger partial charge in [0.15, 0.2) is 0 Å². The molecular formula is C17H31N3O. The largest absolute Gasteiger partial charge is 0.338 e. The van der Waals surface area contributed by atoms with Gasteiger partial charge in [-0.25, -0.2) is 4.79 Å². The van der Waals surface area contributed by atoms with Crippen molar-refractivity contribution in [2.24, 2.45) is 17.8 Å². The van der Waals surface area contributed by atoms with E-state index in [2.05, 4.69) is 22.0 Å². The van der Waals surface area contributed by atoms with Gasteiger partial charge in [0.1, 0.15) is 0 Å². The van der Waals surface area contributed by atoms with E-state index in [-0.39, 0.29) is 6.03 Å². The van der Waals surface area contributed by atoms with Crippen LogP contribution in [0.3, 0.4) is 0 Å². The van der Waals surface area contributed by atoms with Crippen molar-refractivity contribution < 1.29 is 4.79 Å². The topological polar surface area (TPSA) is 35.6 Å². The molecule has 0 bridgehead atoms. The molecule has 4 heteroatoms. The summed E-state index contributed by atoms with van der Waals surface area (Å²) in [5.74, 6) is 2.35. The predicted octanol–water partition coefficient (Wildman–Crippen LogP) is 2.55. The number of hydrogen-bond donors (Lipinski definition) is 1. The minimum atomic E-state index is 0.180. The van der Waals surface area contributed by atoms with E-state index in [1.165, 1.54) is 58.2 Å². The maximum absolute atomic E-state index is 12.2. The first-order chi connectivity index (χ1) is 10.2. The number of amides is 2. The summed E-state index contributed by atoms with van der Waals surface area (Å²) in [6.45, 7) is 8.87. The predicted molar refractivity (Wildman–Crippen MR) is 85.3 cm³/mol. The Balaban J connectivity index is 1.40. The minimum Gasteiger partial charge on any atom is -0.338 e. The van der Waals surface area contributed by atoms with Gasteiger partial charge in [0.2, 0.25) is 0 Å².